The van der Waals surface area contributed by atoms with Gasteiger partial charge in [0.25, 0.3) is 0 Å². The molecule has 0 aliphatic carbocycles. The van der Waals surface area contributed by atoms with Crippen LogP contribution in [0.15, 0.2) is 0 Å². The van der Waals surface area contributed by atoms with E-state index in [0.29, 0.717) is 6.29 Å². The van der Waals surface area contributed by atoms with Crippen molar-refractivity contribution in [1.82, 2.24) is 21.3 Å². The molecular weight excluding hydrogens is 470 g/mol. The van der Waals surface area contributed by atoms with Crippen LogP contribution in [0.3, 0.4) is 0 Å². The number of nitrogens with one attached hydrogen (secondary N) is 4. The topological polar surface area (TPSA) is 254 Å². The van der Waals surface area contributed by atoms with Crippen molar-refractivity contribution in [2.75, 3.05) is 13.2 Å². The number of nitrogens with two attached hydrogens (primary N) is 1. The molecule has 0 fully saturated rings. The van der Waals surface area contributed by atoms with Gasteiger partial charge in [-0.05, 0) is 20.3 Å². The van der Waals surface area contributed by atoms with E-state index in [2.05, 4.69) is 21.3 Å². The first kappa shape index (κ1) is 31.6. The van der Waals surface area contributed by atoms with Crippen LogP contribution in [0.1, 0.15) is 33.6 Å². The molecule has 0 rings (SSSR count). The second-order valence-electron chi connectivity index (χ2n) is 7.79. The average Bonchev–Trinajstić information content (AvgIpc) is 2.77. The number of Topliss-reactive ketones (excluding diaryl/α,β-unsaturated/α-hetero) is 1. The Hall–Kier alpha value is -3.43. The highest BCUT2D eigenvalue weighted by Crippen LogP contribution is 2.08. The standard InChI is InChI=1S/C20H33N5O10/c1-9(22-11(3)30)18(33)24-14(8-28)20(35)25-16(10(2)29)17(32)13(7-27)19(34)23-12(6-26)4-5-15(21)31/h6,9-10,12-14,16,27-29H,4-5,7-8H2,1-3H3,(H2,21,31)(H,22,30)(H,23,34)(H,24,33)(H,25,35)/t9?,10-,12+,13-,14+,16+/m1/s1. The van der Waals surface area contributed by atoms with E-state index >= 15 is 0 Å². The smallest absolute Gasteiger partial charge is 0.245 e. The number of aliphatic hydroxyl groups is 3. The number of amides is 5. The van der Waals surface area contributed by atoms with Crippen LogP contribution >= 0.6 is 0 Å². The molecule has 198 valence electrons. The van der Waals surface area contributed by atoms with E-state index in [4.69, 9.17) is 5.73 Å². The maximum Gasteiger partial charge on any atom is 0.245 e. The third-order valence-corrected chi connectivity index (χ3v) is 4.75. The van der Waals surface area contributed by atoms with E-state index in [1.54, 1.807) is 0 Å². The molecule has 0 heterocycles. The molecule has 15 nitrogen and oxygen atoms in total. The van der Waals surface area contributed by atoms with Gasteiger partial charge in [0.15, 0.2) is 5.78 Å². The van der Waals surface area contributed by atoms with Crippen LogP contribution < -0.4 is 27.0 Å². The van der Waals surface area contributed by atoms with E-state index in [9.17, 15) is 48.9 Å². The number of carbonyl (C=O) groups excluding carboxylic acids is 7. The van der Waals surface area contributed by atoms with Crippen LogP contribution in [0.25, 0.3) is 0 Å². The van der Waals surface area contributed by atoms with E-state index in [-0.39, 0.29) is 12.8 Å². The third kappa shape index (κ3) is 11.0. The maximum absolute atomic E-state index is 12.8. The molecule has 1 unspecified atom stereocenters. The summed E-state index contributed by atoms with van der Waals surface area (Å²) in [5.74, 6) is -7.20. The molecule has 0 aromatic carbocycles. The first-order chi connectivity index (χ1) is 16.3. The molecule has 35 heavy (non-hydrogen) atoms. The highest BCUT2D eigenvalue weighted by atomic mass is 16.3. The van der Waals surface area contributed by atoms with E-state index in [0.717, 1.165) is 6.92 Å². The Morgan fingerprint density at radius 1 is 0.886 bits per heavy atom. The molecule has 0 radical (unpaired) electrons. The Balaban J connectivity index is 5.43. The summed E-state index contributed by atoms with van der Waals surface area (Å²) in [5, 5.41) is 37.8. The Morgan fingerprint density at radius 2 is 1.49 bits per heavy atom. The van der Waals surface area contributed by atoms with Gasteiger partial charge < -0.3 is 47.1 Å². The highest BCUT2D eigenvalue weighted by Gasteiger charge is 2.37. The van der Waals surface area contributed by atoms with Crippen LogP contribution in [-0.4, -0.2) is 100 Å². The first-order valence-corrected chi connectivity index (χ1v) is 10.6. The van der Waals surface area contributed by atoms with Gasteiger partial charge >= 0.3 is 0 Å². The molecule has 15 heteroatoms. The number of carbonyl (C=O) groups is 7. The molecule has 5 amide bonds. The third-order valence-electron chi connectivity index (χ3n) is 4.75. The number of aldehydes is 1. The monoisotopic (exact) mass is 503 g/mol. The molecule has 0 aromatic heterocycles. The van der Waals surface area contributed by atoms with Gasteiger partial charge in [0.2, 0.25) is 29.5 Å². The van der Waals surface area contributed by atoms with Crippen molar-refractivity contribution in [1.29, 1.82) is 0 Å². The predicted molar refractivity (Wildman–Crippen MR) is 118 cm³/mol. The summed E-state index contributed by atoms with van der Waals surface area (Å²) in [6.07, 6.45) is -1.65. The summed E-state index contributed by atoms with van der Waals surface area (Å²) in [7, 11) is 0. The first-order valence-electron chi connectivity index (χ1n) is 10.6. The van der Waals surface area contributed by atoms with Crippen LogP contribution in [0.2, 0.25) is 0 Å². The Bertz CT molecular complexity index is 803. The molecular formula is C20H33N5O10. The molecule has 0 spiro atoms. The largest absolute Gasteiger partial charge is 0.395 e. The van der Waals surface area contributed by atoms with Crippen LogP contribution in [0.4, 0.5) is 0 Å². The maximum atomic E-state index is 12.8. The SMILES string of the molecule is CC(=O)NC(C)C(=O)N[C@@H](CO)C(=O)N[C@H](C(=O)[C@@H](CO)C(=O)N[C@H](C=O)CCC(N)=O)[C@@H](C)O. The van der Waals surface area contributed by atoms with Crippen molar-refractivity contribution < 1.29 is 48.9 Å². The average molecular weight is 504 g/mol. The number of rotatable bonds is 16. The van der Waals surface area contributed by atoms with Gasteiger partial charge in [-0.25, -0.2) is 0 Å². The van der Waals surface area contributed by atoms with Gasteiger partial charge in [-0.2, -0.15) is 0 Å². The van der Waals surface area contributed by atoms with Crippen LogP contribution in [0, 0.1) is 5.92 Å². The van der Waals surface area contributed by atoms with E-state index < -0.39 is 84.7 Å². The van der Waals surface area contributed by atoms with Gasteiger partial charge in [0.05, 0.1) is 25.4 Å². The minimum atomic E-state index is -1.81. The van der Waals surface area contributed by atoms with Crippen LogP contribution in [0.5, 0.6) is 0 Å². The normalized spacial score (nSPS) is 15.8. The van der Waals surface area contributed by atoms with E-state index in [1.165, 1.54) is 13.8 Å². The van der Waals surface area contributed by atoms with Gasteiger partial charge in [-0.15, -0.1) is 0 Å². The van der Waals surface area contributed by atoms with Gasteiger partial charge in [-0.1, -0.05) is 0 Å². The zero-order valence-electron chi connectivity index (χ0n) is 19.6. The van der Waals surface area contributed by atoms with Crippen molar-refractivity contribution in [3.63, 3.8) is 0 Å². The van der Waals surface area contributed by atoms with Gasteiger partial charge in [0.1, 0.15) is 30.3 Å². The van der Waals surface area contributed by atoms with E-state index in [1.807, 2.05) is 0 Å². The number of aliphatic hydroxyl groups excluding tert-OH is 3. The summed E-state index contributed by atoms with van der Waals surface area (Å²) >= 11 is 0. The highest BCUT2D eigenvalue weighted by molar-refractivity contribution is 6.06. The van der Waals surface area contributed by atoms with Crippen molar-refractivity contribution in [3.05, 3.63) is 0 Å². The molecule has 0 aliphatic rings. The summed E-state index contributed by atoms with van der Waals surface area (Å²) in [6, 6.07) is -5.56. The lowest BCUT2D eigenvalue weighted by atomic mass is 9.94. The van der Waals surface area contributed by atoms with Crippen molar-refractivity contribution >= 4 is 41.6 Å². The number of hydrogen-bond donors (Lipinski definition) is 8. The summed E-state index contributed by atoms with van der Waals surface area (Å²) < 4.78 is 0. The van der Waals surface area contributed by atoms with Crippen molar-refractivity contribution in [2.45, 2.75) is 63.9 Å². The second kappa shape index (κ2) is 15.5. The lowest BCUT2D eigenvalue weighted by molar-refractivity contribution is -0.142. The van der Waals surface area contributed by atoms with Crippen molar-refractivity contribution in [3.8, 4) is 0 Å². The minimum Gasteiger partial charge on any atom is -0.395 e. The molecule has 9 N–H and O–H groups in total. The fraction of sp³-hybridized carbons (Fsp3) is 0.650. The van der Waals surface area contributed by atoms with Gasteiger partial charge in [0, 0.05) is 13.3 Å². The fourth-order valence-corrected chi connectivity index (χ4v) is 2.82. The molecule has 0 bridgehead atoms. The fourth-order valence-electron chi connectivity index (χ4n) is 2.82. The molecule has 0 saturated carbocycles. The van der Waals surface area contributed by atoms with Crippen molar-refractivity contribution in [2.24, 2.45) is 11.7 Å². The zero-order chi connectivity index (χ0) is 27.3. The lowest BCUT2D eigenvalue weighted by Crippen LogP contribution is -2.59. The molecule has 0 saturated heterocycles. The molecule has 0 aliphatic heterocycles. The number of ketones is 1. The Kier molecular flexibility index (Phi) is 14.0. The lowest BCUT2D eigenvalue weighted by Gasteiger charge is -2.27. The Labute approximate surface area is 201 Å². The summed E-state index contributed by atoms with van der Waals surface area (Å²) in [6.45, 7) is 1.66. The second-order valence-corrected chi connectivity index (χ2v) is 7.79. The summed E-state index contributed by atoms with van der Waals surface area (Å²) in [4.78, 5) is 83.0. The predicted octanol–water partition coefficient (Wildman–Crippen LogP) is -5.02. The molecule has 6 atom stereocenters. The molecule has 0 aromatic rings. The Morgan fingerprint density at radius 3 is 1.91 bits per heavy atom. The zero-order valence-corrected chi connectivity index (χ0v) is 19.6. The number of primary amides is 1. The van der Waals surface area contributed by atoms with Gasteiger partial charge in [-0.3, -0.25) is 28.8 Å². The summed E-state index contributed by atoms with van der Waals surface area (Å²) in [5.41, 5.74) is 4.99. The van der Waals surface area contributed by atoms with Crippen LogP contribution in [-0.2, 0) is 33.6 Å². The number of hydrogen-bond acceptors (Lipinski definition) is 10. The quantitative estimate of drug-likeness (QED) is 0.0734. The minimum absolute atomic E-state index is 0.151.